The van der Waals surface area contributed by atoms with Gasteiger partial charge in [-0.1, -0.05) is 19.1 Å². The number of carbonyl (C=O) groups is 1. The third-order valence-corrected chi connectivity index (χ3v) is 5.01. The first-order valence-corrected chi connectivity index (χ1v) is 10.1. The van der Waals surface area contributed by atoms with Gasteiger partial charge in [-0.05, 0) is 60.5 Å². The van der Waals surface area contributed by atoms with Gasteiger partial charge in [-0.3, -0.25) is 4.79 Å². The molecular weight excluding hydrogens is 378 g/mol. The molecule has 7 nitrogen and oxygen atoms in total. The molecule has 0 saturated heterocycles. The molecule has 0 radical (unpaired) electrons. The molecule has 3 N–H and O–H groups in total. The summed E-state index contributed by atoms with van der Waals surface area (Å²) in [6, 6.07) is 16.7. The summed E-state index contributed by atoms with van der Waals surface area (Å²) in [6.07, 6.45) is 2.30. The van der Waals surface area contributed by atoms with E-state index in [0.717, 1.165) is 12.0 Å². The lowest BCUT2D eigenvalue weighted by molar-refractivity contribution is 0.0955. The van der Waals surface area contributed by atoms with Gasteiger partial charge in [0.2, 0.25) is 10.0 Å². The smallest absolute Gasteiger partial charge is 0.271 e. The molecule has 0 unspecified atom stereocenters. The van der Waals surface area contributed by atoms with Gasteiger partial charge < -0.3 is 4.42 Å². The van der Waals surface area contributed by atoms with Crippen molar-refractivity contribution < 1.29 is 17.6 Å². The molecule has 28 heavy (non-hydrogen) atoms. The van der Waals surface area contributed by atoms with E-state index in [1.807, 2.05) is 19.1 Å². The fourth-order valence-corrected chi connectivity index (χ4v) is 3.01. The van der Waals surface area contributed by atoms with Crippen molar-refractivity contribution in [3.8, 4) is 11.3 Å². The van der Waals surface area contributed by atoms with E-state index in [4.69, 9.17) is 9.56 Å². The van der Waals surface area contributed by atoms with Crippen LogP contribution in [0.15, 0.2) is 75.1 Å². The van der Waals surface area contributed by atoms with Crippen LogP contribution in [0.25, 0.3) is 11.3 Å². The van der Waals surface area contributed by atoms with Gasteiger partial charge in [0.1, 0.15) is 11.5 Å². The Morgan fingerprint density at radius 2 is 1.75 bits per heavy atom. The number of rotatable bonds is 6. The average Bonchev–Trinajstić information content (AvgIpc) is 3.16. The minimum absolute atomic E-state index is 0.0271. The number of hydrogen-bond donors (Lipinski definition) is 2. The van der Waals surface area contributed by atoms with Crippen LogP contribution in [-0.4, -0.2) is 20.5 Å². The molecule has 0 aliphatic heterocycles. The first-order valence-electron chi connectivity index (χ1n) is 8.52. The Bertz CT molecular complexity index is 1100. The molecule has 0 aliphatic carbocycles. The van der Waals surface area contributed by atoms with Crippen molar-refractivity contribution in [2.45, 2.75) is 18.2 Å². The van der Waals surface area contributed by atoms with E-state index in [-0.39, 0.29) is 10.8 Å². The zero-order valence-corrected chi connectivity index (χ0v) is 15.9. The van der Waals surface area contributed by atoms with E-state index in [1.165, 1.54) is 18.3 Å². The van der Waals surface area contributed by atoms with Gasteiger partial charge in [0.15, 0.2) is 0 Å². The number of aryl methyl sites for hydroxylation is 1. The molecule has 1 amide bonds. The molecule has 0 aliphatic rings. The zero-order chi connectivity index (χ0) is 20.1. The van der Waals surface area contributed by atoms with Crippen LogP contribution in [0.2, 0.25) is 0 Å². The quantitative estimate of drug-likeness (QED) is 0.491. The number of amides is 1. The highest BCUT2D eigenvalue weighted by Gasteiger charge is 2.09. The van der Waals surface area contributed by atoms with Crippen LogP contribution in [0.3, 0.4) is 0 Å². The highest BCUT2D eigenvalue weighted by atomic mass is 32.2. The minimum atomic E-state index is -3.74. The third kappa shape index (κ3) is 4.73. The summed E-state index contributed by atoms with van der Waals surface area (Å²) in [7, 11) is -3.74. The second-order valence-electron chi connectivity index (χ2n) is 6.02. The Balaban J connectivity index is 1.64. The number of sulfonamides is 1. The van der Waals surface area contributed by atoms with Gasteiger partial charge in [-0.2, -0.15) is 5.10 Å². The maximum absolute atomic E-state index is 12.1. The molecule has 3 aromatic rings. The van der Waals surface area contributed by atoms with E-state index >= 15 is 0 Å². The number of hydrazone groups is 1. The van der Waals surface area contributed by atoms with Gasteiger partial charge in [-0.15, -0.1) is 0 Å². The van der Waals surface area contributed by atoms with Gasteiger partial charge in [-0.25, -0.2) is 19.0 Å². The van der Waals surface area contributed by atoms with Crippen LogP contribution >= 0.6 is 0 Å². The van der Waals surface area contributed by atoms with Gasteiger partial charge in [0.05, 0.1) is 11.1 Å². The Hall–Kier alpha value is -3.23. The van der Waals surface area contributed by atoms with Gasteiger partial charge in [0.25, 0.3) is 5.91 Å². The fraction of sp³-hybridized carbons (Fsp3) is 0.100. The Morgan fingerprint density at radius 1 is 1.07 bits per heavy atom. The topological polar surface area (TPSA) is 115 Å². The second-order valence-corrected chi connectivity index (χ2v) is 7.58. The predicted octanol–water partition coefficient (Wildman–Crippen LogP) is 2.92. The van der Waals surface area contributed by atoms with Crippen LogP contribution in [0.4, 0.5) is 0 Å². The van der Waals surface area contributed by atoms with Crippen molar-refractivity contribution in [1.82, 2.24) is 5.43 Å². The predicted molar refractivity (Wildman–Crippen MR) is 106 cm³/mol. The molecule has 8 heteroatoms. The largest absolute Gasteiger partial charge is 0.455 e. The molecule has 0 spiro atoms. The number of benzene rings is 2. The van der Waals surface area contributed by atoms with E-state index in [2.05, 4.69) is 10.5 Å². The maximum Gasteiger partial charge on any atom is 0.271 e. The molecular formula is C20H19N3O4S. The normalized spacial score (nSPS) is 11.6. The van der Waals surface area contributed by atoms with Crippen molar-refractivity contribution in [3.05, 3.63) is 77.6 Å². The molecule has 1 aromatic heterocycles. The van der Waals surface area contributed by atoms with Crippen LogP contribution in [-0.2, 0) is 16.4 Å². The van der Waals surface area contributed by atoms with E-state index < -0.39 is 10.0 Å². The first-order chi connectivity index (χ1) is 13.4. The summed E-state index contributed by atoms with van der Waals surface area (Å²) in [5.41, 5.74) is 4.81. The number of nitrogens with one attached hydrogen (secondary N) is 1. The summed E-state index contributed by atoms with van der Waals surface area (Å²) < 4.78 is 28.2. The molecule has 144 valence electrons. The number of nitrogens with zero attached hydrogens (tertiary/aromatic N) is 1. The molecule has 0 saturated carbocycles. The van der Waals surface area contributed by atoms with Crippen molar-refractivity contribution in [3.63, 3.8) is 0 Å². The molecule has 0 bridgehead atoms. The molecule has 2 aromatic carbocycles. The lowest BCUT2D eigenvalue weighted by Crippen LogP contribution is -2.17. The van der Waals surface area contributed by atoms with Gasteiger partial charge in [0, 0.05) is 11.1 Å². The molecule has 0 atom stereocenters. The summed E-state index contributed by atoms with van der Waals surface area (Å²) in [4.78, 5) is 12.1. The highest BCUT2D eigenvalue weighted by Crippen LogP contribution is 2.22. The lowest BCUT2D eigenvalue weighted by Gasteiger charge is -2.01. The minimum Gasteiger partial charge on any atom is -0.455 e. The van der Waals surface area contributed by atoms with E-state index in [9.17, 15) is 13.2 Å². The monoisotopic (exact) mass is 397 g/mol. The highest BCUT2D eigenvalue weighted by molar-refractivity contribution is 7.89. The second kappa shape index (κ2) is 8.20. The number of carbonyl (C=O) groups excluding carboxylic acids is 1. The zero-order valence-electron chi connectivity index (χ0n) is 15.1. The molecule has 0 fully saturated rings. The third-order valence-electron chi connectivity index (χ3n) is 4.08. The van der Waals surface area contributed by atoms with Gasteiger partial charge >= 0.3 is 0 Å². The average molecular weight is 397 g/mol. The van der Waals surface area contributed by atoms with Crippen molar-refractivity contribution >= 4 is 22.1 Å². The Labute approximate surface area is 162 Å². The van der Waals surface area contributed by atoms with Crippen LogP contribution in [0, 0.1) is 0 Å². The van der Waals surface area contributed by atoms with Crippen LogP contribution in [0.1, 0.15) is 28.6 Å². The van der Waals surface area contributed by atoms with Crippen LogP contribution < -0.4 is 10.6 Å². The maximum atomic E-state index is 12.1. The summed E-state index contributed by atoms with van der Waals surface area (Å²) in [6.45, 7) is 2.05. The summed E-state index contributed by atoms with van der Waals surface area (Å²) >= 11 is 0. The number of nitrogens with two attached hydrogens (primary N) is 1. The van der Waals surface area contributed by atoms with Crippen molar-refractivity contribution in [2.24, 2.45) is 10.2 Å². The number of primary sulfonamides is 1. The van der Waals surface area contributed by atoms with E-state index in [1.54, 1.807) is 36.4 Å². The lowest BCUT2D eigenvalue weighted by atomic mass is 10.1. The first kappa shape index (κ1) is 19.5. The Kier molecular flexibility index (Phi) is 5.72. The summed E-state index contributed by atoms with van der Waals surface area (Å²) in [5.74, 6) is 0.653. The van der Waals surface area contributed by atoms with Crippen LogP contribution in [0.5, 0.6) is 0 Å². The fourth-order valence-electron chi connectivity index (χ4n) is 2.50. The van der Waals surface area contributed by atoms with Crippen molar-refractivity contribution in [1.29, 1.82) is 0 Å². The number of furan rings is 1. The number of hydrogen-bond acceptors (Lipinski definition) is 5. The molecule has 1 heterocycles. The SMILES string of the molecule is CCc1ccc(C(=O)N/N=C\c2ccc(-c3ccc(S(N)(=O)=O)cc3)o2)cc1. The standard InChI is InChI=1S/C20H19N3O4S/c1-2-14-3-5-16(6-4-14)20(24)23-22-13-17-9-12-19(27-17)15-7-10-18(11-8-15)28(21,25)26/h3-13H,2H2,1H3,(H,23,24)(H2,21,25,26)/b22-13-. The van der Waals surface area contributed by atoms with Crippen molar-refractivity contribution in [2.75, 3.05) is 0 Å². The Morgan fingerprint density at radius 3 is 2.36 bits per heavy atom. The molecule has 3 rings (SSSR count). The summed E-state index contributed by atoms with van der Waals surface area (Å²) in [5, 5.41) is 8.98. The van der Waals surface area contributed by atoms with E-state index in [0.29, 0.717) is 22.6 Å².